The van der Waals surface area contributed by atoms with Crippen LogP contribution in [0.3, 0.4) is 0 Å². The van der Waals surface area contributed by atoms with Gasteiger partial charge in [0.05, 0.1) is 17.8 Å². The summed E-state index contributed by atoms with van der Waals surface area (Å²) >= 11 is 0. The summed E-state index contributed by atoms with van der Waals surface area (Å²) in [6.07, 6.45) is 1.58. The molecule has 1 aromatic heterocycles. The van der Waals surface area contributed by atoms with Crippen LogP contribution >= 0.6 is 0 Å². The van der Waals surface area contributed by atoms with Crippen LogP contribution in [0.5, 0.6) is 0 Å². The molecule has 5 nitrogen and oxygen atoms in total. The molecule has 7 heteroatoms. The van der Waals surface area contributed by atoms with E-state index in [2.05, 4.69) is 10.3 Å². The summed E-state index contributed by atoms with van der Waals surface area (Å²) in [6.45, 7) is -0.297. The minimum atomic E-state index is -0.750. The SMILES string of the molecule is CN(CC(=O)Nc1cc(F)ccc1F)C(=O)c1c[nH]c2ccccc12. The number of hydrogen-bond donors (Lipinski definition) is 2. The Labute approximate surface area is 142 Å². The summed E-state index contributed by atoms with van der Waals surface area (Å²) in [4.78, 5) is 28.7. The molecule has 2 aromatic carbocycles. The fourth-order valence-electron chi connectivity index (χ4n) is 2.52. The van der Waals surface area contributed by atoms with E-state index in [9.17, 15) is 18.4 Å². The number of halogens is 2. The van der Waals surface area contributed by atoms with Crippen molar-refractivity contribution >= 4 is 28.4 Å². The molecule has 25 heavy (non-hydrogen) atoms. The van der Waals surface area contributed by atoms with Crippen LogP contribution in [-0.2, 0) is 4.79 Å². The van der Waals surface area contributed by atoms with Gasteiger partial charge in [0.25, 0.3) is 5.91 Å². The number of rotatable bonds is 4. The molecule has 0 radical (unpaired) electrons. The highest BCUT2D eigenvalue weighted by atomic mass is 19.1. The van der Waals surface area contributed by atoms with Crippen molar-refractivity contribution in [3.8, 4) is 0 Å². The molecule has 0 aliphatic carbocycles. The van der Waals surface area contributed by atoms with Crippen molar-refractivity contribution in [2.75, 3.05) is 18.9 Å². The van der Waals surface area contributed by atoms with Gasteiger partial charge in [-0.2, -0.15) is 0 Å². The first kappa shape index (κ1) is 16.6. The standard InChI is InChI=1S/C18H15F2N3O2/c1-23(10-17(24)22-16-8-11(19)6-7-14(16)20)18(25)13-9-21-15-5-3-2-4-12(13)15/h2-9,21H,10H2,1H3,(H,22,24). The second-order valence-corrected chi connectivity index (χ2v) is 5.58. The van der Waals surface area contributed by atoms with Crippen molar-refractivity contribution in [1.82, 2.24) is 9.88 Å². The number of hydrogen-bond acceptors (Lipinski definition) is 2. The lowest BCUT2D eigenvalue weighted by Crippen LogP contribution is -2.35. The third kappa shape index (κ3) is 3.50. The minimum absolute atomic E-state index is 0.266. The first-order valence-corrected chi connectivity index (χ1v) is 7.52. The van der Waals surface area contributed by atoms with E-state index in [0.29, 0.717) is 5.56 Å². The highest BCUT2D eigenvalue weighted by Gasteiger charge is 2.19. The summed E-state index contributed by atoms with van der Waals surface area (Å²) in [5, 5.41) is 3.01. The van der Waals surface area contributed by atoms with Crippen LogP contribution in [-0.4, -0.2) is 35.3 Å². The van der Waals surface area contributed by atoms with Crippen molar-refractivity contribution in [3.05, 3.63) is 65.9 Å². The summed E-state index contributed by atoms with van der Waals surface area (Å²) in [7, 11) is 1.46. The highest BCUT2D eigenvalue weighted by molar-refractivity contribution is 6.08. The lowest BCUT2D eigenvalue weighted by atomic mass is 10.1. The first-order chi connectivity index (χ1) is 12.0. The maximum Gasteiger partial charge on any atom is 0.256 e. The minimum Gasteiger partial charge on any atom is -0.360 e. The molecular weight excluding hydrogens is 328 g/mol. The summed E-state index contributed by atoms with van der Waals surface area (Å²) in [5.74, 6) is -2.40. The number of carbonyl (C=O) groups excluding carboxylic acids is 2. The van der Waals surface area contributed by atoms with Gasteiger partial charge in [0, 0.05) is 30.2 Å². The topological polar surface area (TPSA) is 65.2 Å². The van der Waals surface area contributed by atoms with E-state index in [0.717, 1.165) is 29.1 Å². The molecule has 0 aliphatic rings. The molecule has 0 saturated heterocycles. The van der Waals surface area contributed by atoms with Crippen LogP contribution in [0.15, 0.2) is 48.7 Å². The van der Waals surface area contributed by atoms with Gasteiger partial charge < -0.3 is 15.2 Å². The third-order valence-corrected chi connectivity index (χ3v) is 3.75. The molecule has 0 bridgehead atoms. The Bertz CT molecular complexity index is 952. The second kappa shape index (κ2) is 6.72. The number of anilines is 1. The van der Waals surface area contributed by atoms with Gasteiger partial charge in [-0.05, 0) is 18.2 Å². The van der Waals surface area contributed by atoms with E-state index < -0.39 is 17.5 Å². The molecular formula is C18H15F2N3O2. The zero-order chi connectivity index (χ0) is 18.0. The number of amides is 2. The quantitative estimate of drug-likeness (QED) is 0.764. The molecule has 0 aliphatic heterocycles. The van der Waals surface area contributed by atoms with Gasteiger partial charge in [0.15, 0.2) is 0 Å². The maximum absolute atomic E-state index is 13.6. The number of carbonyl (C=O) groups is 2. The van der Waals surface area contributed by atoms with Gasteiger partial charge in [-0.25, -0.2) is 8.78 Å². The van der Waals surface area contributed by atoms with Gasteiger partial charge in [-0.1, -0.05) is 18.2 Å². The fraction of sp³-hybridized carbons (Fsp3) is 0.111. The van der Waals surface area contributed by atoms with Gasteiger partial charge in [-0.3, -0.25) is 9.59 Å². The Hall–Kier alpha value is -3.22. The normalized spacial score (nSPS) is 10.7. The molecule has 2 amide bonds. The number of aromatic amines is 1. The Morgan fingerprint density at radius 1 is 1.16 bits per heavy atom. The van der Waals surface area contributed by atoms with Crippen LogP contribution in [0.1, 0.15) is 10.4 Å². The number of nitrogens with one attached hydrogen (secondary N) is 2. The van der Waals surface area contributed by atoms with E-state index in [1.54, 1.807) is 12.3 Å². The maximum atomic E-state index is 13.6. The van der Waals surface area contributed by atoms with E-state index in [-0.39, 0.29) is 18.1 Å². The van der Waals surface area contributed by atoms with Crippen molar-refractivity contribution < 1.29 is 18.4 Å². The zero-order valence-corrected chi connectivity index (χ0v) is 13.3. The number of aromatic nitrogens is 1. The van der Waals surface area contributed by atoms with Gasteiger partial charge in [-0.15, -0.1) is 0 Å². The zero-order valence-electron chi connectivity index (χ0n) is 13.3. The smallest absolute Gasteiger partial charge is 0.256 e. The van der Waals surface area contributed by atoms with Crippen molar-refractivity contribution in [3.63, 3.8) is 0 Å². The van der Waals surface area contributed by atoms with E-state index >= 15 is 0 Å². The monoisotopic (exact) mass is 343 g/mol. The van der Waals surface area contributed by atoms with E-state index in [1.165, 1.54) is 11.9 Å². The van der Waals surface area contributed by atoms with Gasteiger partial charge >= 0.3 is 0 Å². The number of benzene rings is 2. The second-order valence-electron chi connectivity index (χ2n) is 5.58. The lowest BCUT2D eigenvalue weighted by Gasteiger charge is -2.16. The Kier molecular flexibility index (Phi) is 4.47. The highest BCUT2D eigenvalue weighted by Crippen LogP contribution is 2.19. The molecule has 0 spiro atoms. The van der Waals surface area contributed by atoms with Crippen LogP contribution in [0, 0.1) is 11.6 Å². The number of fused-ring (bicyclic) bond motifs is 1. The first-order valence-electron chi connectivity index (χ1n) is 7.52. The van der Waals surface area contributed by atoms with Crippen LogP contribution in [0.2, 0.25) is 0 Å². The van der Waals surface area contributed by atoms with Crippen LogP contribution < -0.4 is 5.32 Å². The van der Waals surface area contributed by atoms with Crippen molar-refractivity contribution in [1.29, 1.82) is 0 Å². The number of nitrogens with zero attached hydrogens (tertiary/aromatic N) is 1. The average molecular weight is 343 g/mol. The number of likely N-dealkylation sites (N-methyl/N-ethyl adjacent to an activating group) is 1. The third-order valence-electron chi connectivity index (χ3n) is 3.75. The predicted molar refractivity (Wildman–Crippen MR) is 90.2 cm³/mol. The molecule has 128 valence electrons. The summed E-state index contributed by atoms with van der Waals surface area (Å²) in [5.41, 5.74) is 0.978. The van der Waals surface area contributed by atoms with Crippen LogP contribution in [0.25, 0.3) is 10.9 Å². The Morgan fingerprint density at radius 2 is 1.92 bits per heavy atom. The van der Waals surface area contributed by atoms with Crippen molar-refractivity contribution in [2.45, 2.75) is 0 Å². The van der Waals surface area contributed by atoms with Crippen LogP contribution in [0.4, 0.5) is 14.5 Å². The molecule has 0 fully saturated rings. The predicted octanol–water partition coefficient (Wildman–Crippen LogP) is 3.16. The fourth-order valence-corrected chi connectivity index (χ4v) is 2.52. The van der Waals surface area contributed by atoms with E-state index in [1.807, 2.05) is 18.2 Å². The van der Waals surface area contributed by atoms with E-state index in [4.69, 9.17) is 0 Å². The Morgan fingerprint density at radius 3 is 2.72 bits per heavy atom. The largest absolute Gasteiger partial charge is 0.360 e. The molecule has 0 saturated carbocycles. The molecule has 0 unspecified atom stereocenters. The molecule has 3 aromatic rings. The average Bonchev–Trinajstić information content (AvgIpc) is 3.01. The molecule has 2 N–H and O–H groups in total. The Balaban J connectivity index is 1.71. The number of para-hydroxylation sites is 1. The van der Waals surface area contributed by atoms with Crippen molar-refractivity contribution in [2.24, 2.45) is 0 Å². The number of H-pyrrole nitrogens is 1. The summed E-state index contributed by atoms with van der Waals surface area (Å²) in [6, 6.07) is 10.1. The summed E-state index contributed by atoms with van der Waals surface area (Å²) < 4.78 is 26.7. The van der Waals surface area contributed by atoms with Gasteiger partial charge in [0.2, 0.25) is 5.91 Å². The molecule has 1 heterocycles. The molecule has 0 atom stereocenters. The molecule has 3 rings (SSSR count). The lowest BCUT2D eigenvalue weighted by molar-refractivity contribution is -0.116. The van der Waals surface area contributed by atoms with Gasteiger partial charge in [0.1, 0.15) is 11.6 Å².